The Morgan fingerprint density at radius 1 is 1.17 bits per heavy atom. The lowest BCUT2D eigenvalue weighted by atomic mass is 10.1. The highest BCUT2D eigenvalue weighted by molar-refractivity contribution is 7.08. The van der Waals surface area contributed by atoms with E-state index in [4.69, 9.17) is 0 Å². The van der Waals surface area contributed by atoms with Crippen molar-refractivity contribution in [3.8, 4) is 0 Å². The van der Waals surface area contributed by atoms with E-state index in [9.17, 15) is 4.79 Å². The number of nitrogens with zero attached hydrogens (tertiary/aromatic N) is 4. The third-order valence-electron chi connectivity index (χ3n) is 4.30. The molecule has 1 aromatic carbocycles. The highest BCUT2D eigenvalue weighted by Gasteiger charge is 2.25. The van der Waals surface area contributed by atoms with Crippen molar-refractivity contribution in [1.82, 2.24) is 19.4 Å². The Morgan fingerprint density at radius 2 is 1.91 bits per heavy atom. The zero-order valence-electron chi connectivity index (χ0n) is 13.4. The van der Waals surface area contributed by atoms with Gasteiger partial charge in [-0.15, -0.1) is 5.10 Å². The molecule has 0 saturated carbocycles. The highest BCUT2D eigenvalue weighted by atomic mass is 32.1. The van der Waals surface area contributed by atoms with Crippen LogP contribution >= 0.6 is 11.5 Å². The average Bonchev–Trinajstić information content (AvgIpc) is 3.09. The number of aryl methyl sites for hydroxylation is 1. The summed E-state index contributed by atoms with van der Waals surface area (Å²) in [6, 6.07) is 10.6. The Kier molecular flexibility index (Phi) is 5.35. The van der Waals surface area contributed by atoms with Crippen LogP contribution in [0.15, 0.2) is 30.3 Å². The molecule has 23 heavy (non-hydrogen) atoms. The van der Waals surface area contributed by atoms with Crippen molar-refractivity contribution in [3.05, 3.63) is 46.5 Å². The molecule has 1 aliphatic rings. The predicted molar refractivity (Wildman–Crippen MR) is 91.8 cm³/mol. The molecule has 0 N–H and O–H groups in total. The summed E-state index contributed by atoms with van der Waals surface area (Å²) in [5.74, 6) is 0.0968. The molecule has 2 aromatic rings. The molecule has 0 spiro atoms. The summed E-state index contributed by atoms with van der Waals surface area (Å²) < 4.78 is 3.92. The third-order valence-corrected chi connectivity index (χ3v) is 5.06. The first-order valence-corrected chi connectivity index (χ1v) is 8.92. The molecule has 1 aromatic heterocycles. The fourth-order valence-electron chi connectivity index (χ4n) is 2.85. The second-order valence-electron chi connectivity index (χ2n) is 5.77. The lowest BCUT2D eigenvalue weighted by Gasteiger charge is -2.34. The lowest BCUT2D eigenvalue weighted by molar-refractivity contribution is 0.0642. The second kappa shape index (κ2) is 7.66. The van der Waals surface area contributed by atoms with Crippen molar-refractivity contribution in [2.75, 3.05) is 32.7 Å². The van der Waals surface area contributed by atoms with Gasteiger partial charge in [-0.1, -0.05) is 41.7 Å². The molecule has 1 fully saturated rings. The van der Waals surface area contributed by atoms with Gasteiger partial charge in [0.25, 0.3) is 5.91 Å². The van der Waals surface area contributed by atoms with E-state index < -0.39 is 0 Å². The molecular formula is C17H22N4OS. The van der Waals surface area contributed by atoms with Crippen molar-refractivity contribution in [2.45, 2.75) is 19.8 Å². The molecule has 3 rings (SSSR count). The Balaban J connectivity index is 1.49. The molecule has 5 nitrogen and oxygen atoms in total. The van der Waals surface area contributed by atoms with Gasteiger partial charge < -0.3 is 4.90 Å². The van der Waals surface area contributed by atoms with Crippen LogP contribution < -0.4 is 0 Å². The van der Waals surface area contributed by atoms with Crippen LogP contribution in [0, 0.1) is 0 Å². The van der Waals surface area contributed by atoms with Crippen LogP contribution in [0.2, 0.25) is 0 Å². The van der Waals surface area contributed by atoms with Gasteiger partial charge in [0, 0.05) is 32.7 Å². The monoisotopic (exact) mass is 330 g/mol. The maximum absolute atomic E-state index is 12.6. The van der Waals surface area contributed by atoms with Crippen LogP contribution in [0.5, 0.6) is 0 Å². The molecule has 0 unspecified atom stereocenters. The van der Waals surface area contributed by atoms with E-state index in [1.54, 1.807) is 0 Å². The Labute approximate surface area is 141 Å². The molecular weight excluding hydrogens is 308 g/mol. The average molecular weight is 330 g/mol. The molecule has 0 bridgehead atoms. The van der Waals surface area contributed by atoms with E-state index in [2.05, 4.69) is 38.8 Å². The SMILES string of the molecule is CCc1nnsc1C(=O)N1CCN(CCc2ccccc2)CC1. The van der Waals surface area contributed by atoms with Crippen LogP contribution in [-0.2, 0) is 12.8 Å². The minimum Gasteiger partial charge on any atom is -0.335 e. The van der Waals surface area contributed by atoms with Gasteiger partial charge in [-0.25, -0.2) is 0 Å². The predicted octanol–water partition coefficient (Wildman–Crippen LogP) is 2.10. The maximum atomic E-state index is 12.6. The minimum atomic E-state index is 0.0968. The molecule has 122 valence electrons. The van der Waals surface area contributed by atoms with Gasteiger partial charge in [0.05, 0.1) is 5.69 Å². The van der Waals surface area contributed by atoms with Crippen LogP contribution in [0.25, 0.3) is 0 Å². The van der Waals surface area contributed by atoms with Gasteiger partial charge in [0.2, 0.25) is 0 Å². The Bertz CT molecular complexity index is 635. The van der Waals surface area contributed by atoms with Crippen molar-refractivity contribution in [2.24, 2.45) is 0 Å². The lowest BCUT2D eigenvalue weighted by Crippen LogP contribution is -2.49. The molecule has 1 aliphatic heterocycles. The van der Waals surface area contributed by atoms with E-state index in [0.29, 0.717) is 4.88 Å². The van der Waals surface area contributed by atoms with E-state index in [0.717, 1.165) is 51.3 Å². The summed E-state index contributed by atoms with van der Waals surface area (Å²) in [4.78, 5) is 17.6. The first kappa shape index (κ1) is 16.1. The number of rotatable bonds is 5. The van der Waals surface area contributed by atoms with Crippen molar-refractivity contribution in [1.29, 1.82) is 0 Å². The Hall–Kier alpha value is -1.79. The van der Waals surface area contributed by atoms with Crippen LogP contribution in [-0.4, -0.2) is 58.0 Å². The quantitative estimate of drug-likeness (QED) is 0.842. The van der Waals surface area contributed by atoms with Crippen LogP contribution in [0.4, 0.5) is 0 Å². The third kappa shape index (κ3) is 3.95. The number of piperazine rings is 1. The van der Waals surface area contributed by atoms with Gasteiger partial charge in [0.15, 0.2) is 0 Å². The molecule has 0 atom stereocenters. The van der Waals surface area contributed by atoms with E-state index >= 15 is 0 Å². The standard InChI is InChI=1S/C17H22N4OS/c1-2-15-16(23-19-18-15)17(22)21-12-10-20(11-13-21)9-8-14-6-4-3-5-7-14/h3-7H,2,8-13H2,1H3. The summed E-state index contributed by atoms with van der Waals surface area (Å²) in [5, 5.41) is 4.04. The fourth-order valence-corrected chi connectivity index (χ4v) is 3.57. The van der Waals surface area contributed by atoms with Gasteiger partial charge in [0.1, 0.15) is 4.88 Å². The van der Waals surface area contributed by atoms with E-state index in [1.807, 2.05) is 17.9 Å². The first-order chi connectivity index (χ1) is 11.3. The van der Waals surface area contributed by atoms with Gasteiger partial charge in [-0.05, 0) is 29.9 Å². The van der Waals surface area contributed by atoms with Crippen molar-refractivity contribution >= 4 is 17.4 Å². The molecule has 0 aliphatic carbocycles. The first-order valence-electron chi connectivity index (χ1n) is 8.14. The number of carbonyl (C=O) groups excluding carboxylic acids is 1. The number of amides is 1. The van der Waals surface area contributed by atoms with Gasteiger partial charge >= 0.3 is 0 Å². The topological polar surface area (TPSA) is 49.3 Å². The zero-order chi connectivity index (χ0) is 16.1. The van der Waals surface area contributed by atoms with E-state index in [1.165, 1.54) is 17.1 Å². The number of hydrogen-bond acceptors (Lipinski definition) is 5. The number of hydrogen-bond donors (Lipinski definition) is 0. The molecule has 1 saturated heterocycles. The number of carbonyl (C=O) groups is 1. The second-order valence-corrected chi connectivity index (χ2v) is 6.53. The fraction of sp³-hybridized carbons (Fsp3) is 0.471. The minimum absolute atomic E-state index is 0.0968. The van der Waals surface area contributed by atoms with Gasteiger partial charge in [-0.3, -0.25) is 9.69 Å². The van der Waals surface area contributed by atoms with Crippen LogP contribution in [0.3, 0.4) is 0 Å². The summed E-state index contributed by atoms with van der Waals surface area (Å²) in [6.07, 6.45) is 1.82. The molecule has 1 amide bonds. The summed E-state index contributed by atoms with van der Waals surface area (Å²) in [5.41, 5.74) is 2.20. The highest BCUT2D eigenvalue weighted by Crippen LogP contribution is 2.16. The number of benzene rings is 1. The summed E-state index contributed by atoms with van der Waals surface area (Å²) in [7, 11) is 0. The normalized spacial score (nSPS) is 15.8. The smallest absolute Gasteiger partial charge is 0.267 e. The van der Waals surface area contributed by atoms with E-state index in [-0.39, 0.29) is 5.91 Å². The largest absolute Gasteiger partial charge is 0.335 e. The summed E-state index contributed by atoms with van der Waals surface area (Å²) >= 11 is 1.22. The Morgan fingerprint density at radius 3 is 2.61 bits per heavy atom. The summed E-state index contributed by atoms with van der Waals surface area (Å²) in [6.45, 7) is 6.51. The molecule has 2 heterocycles. The van der Waals surface area contributed by atoms with Crippen molar-refractivity contribution < 1.29 is 4.79 Å². The maximum Gasteiger partial charge on any atom is 0.267 e. The number of aromatic nitrogens is 2. The van der Waals surface area contributed by atoms with Gasteiger partial charge in [-0.2, -0.15) is 0 Å². The molecule has 0 radical (unpaired) electrons. The van der Waals surface area contributed by atoms with Crippen LogP contribution in [0.1, 0.15) is 27.9 Å². The van der Waals surface area contributed by atoms with Crippen molar-refractivity contribution in [3.63, 3.8) is 0 Å². The molecule has 6 heteroatoms. The zero-order valence-corrected chi connectivity index (χ0v) is 14.3.